The molecule has 1 aromatic rings. The molecule has 1 aliphatic carbocycles. The van der Waals surface area contributed by atoms with Gasteiger partial charge in [0.1, 0.15) is 5.75 Å². The van der Waals surface area contributed by atoms with Crippen molar-refractivity contribution in [2.45, 2.75) is 51.7 Å². The van der Waals surface area contributed by atoms with Crippen LogP contribution in [0.1, 0.15) is 44.6 Å². The molecule has 2 atom stereocenters. The zero-order valence-electron chi connectivity index (χ0n) is 11.0. The summed E-state index contributed by atoms with van der Waals surface area (Å²) in [6, 6.07) is 6.10. The first-order valence-corrected chi connectivity index (χ1v) is 7.67. The average molecular weight is 312 g/mol. The topological polar surface area (TPSA) is 35.2 Å². The molecule has 0 aliphatic heterocycles. The number of rotatable bonds is 4. The molecule has 0 aromatic heterocycles. The maximum absolute atomic E-state index is 6.18. The predicted octanol–water partition coefficient (Wildman–Crippen LogP) is 4.26. The minimum Gasteiger partial charge on any atom is -0.490 e. The summed E-state index contributed by atoms with van der Waals surface area (Å²) in [5.74, 6) is 1.78. The molecule has 0 heterocycles. The Hall–Kier alpha value is -0.540. The summed E-state index contributed by atoms with van der Waals surface area (Å²) in [5, 5.41) is 0. The molecule has 0 amide bonds. The normalized spacial score (nSPS) is 23.9. The molecule has 3 heteroatoms. The Balaban J connectivity index is 2.06. The van der Waals surface area contributed by atoms with Crippen molar-refractivity contribution in [1.29, 1.82) is 0 Å². The summed E-state index contributed by atoms with van der Waals surface area (Å²) in [6.07, 6.45) is 6.64. The molecule has 0 bridgehead atoms. The van der Waals surface area contributed by atoms with E-state index in [1.807, 2.05) is 18.2 Å². The Morgan fingerprint density at radius 2 is 2.22 bits per heavy atom. The van der Waals surface area contributed by atoms with Gasteiger partial charge in [-0.1, -0.05) is 41.8 Å². The first-order chi connectivity index (χ1) is 8.72. The highest BCUT2D eigenvalue weighted by Crippen LogP contribution is 2.31. The van der Waals surface area contributed by atoms with Crippen LogP contribution in [0.4, 0.5) is 0 Å². The third-order valence-corrected chi connectivity index (χ3v) is 4.35. The molecule has 100 valence electrons. The average Bonchev–Trinajstić information content (AvgIpc) is 2.39. The molecule has 1 saturated carbocycles. The summed E-state index contributed by atoms with van der Waals surface area (Å²) < 4.78 is 7.23. The first kappa shape index (κ1) is 13.9. The van der Waals surface area contributed by atoms with E-state index in [1.165, 1.54) is 32.1 Å². The number of benzene rings is 1. The molecule has 18 heavy (non-hydrogen) atoms. The summed E-state index contributed by atoms with van der Waals surface area (Å²) in [4.78, 5) is 0. The van der Waals surface area contributed by atoms with Crippen LogP contribution < -0.4 is 10.5 Å². The quantitative estimate of drug-likeness (QED) is 0.902. The molecule has 0 spiro atoms. The molecule has 2 rings (SSSR count). The van der Waals surface area contributed by atoms with E-state index in [1.54, 1.807) is 0 Å². The third-order valence-electron chi connectivity index (χ3n) is 3.85. The van der Waals surface area contributed by atoms with Gasteiger partial charge in [0.2, 0.25) is 0 Å². The highest BCUT2D eigenvalue weighted by Gasteiger charge is 2.22. The predicted molar refractivity (Wildman–Crippen MR) is 78.7 cm³/mol. The van der Waals surface area contributed by atoms with Crippen LogP contribution >= 0.6 is 15.9 Å². The molecular formula is C15H22BrNO. The maximum Gasteiger partial charge on any atom is 0.125 e. The summed E-state index contributed by atoms with van der Waals surface area (Å²) in [5.41, 5.74) is 6.86. The van der Waals surface area contributed by atoms with Crippen molar-refractivity contribution in [3.05, 3.63) is 28.2 Å². The standard InChI is InChI=1S/C15H22BrNO/c1-2-11-4-3-5-14(8-11)18-15-9-13(16)7-6-12(15)10-17/h6-7,9,11,14H,2-5,8,10,17H2,1H3. The van der Waals surface area contributed by atoms with Gasteiger partial charge in [0.25, 0.3) is 0 Å². The minimum absolute atomic E-state index is 0.364. The lowest BCUT2D eigenvalue weighted by molar-refractivity contribution is 0.121. The highest BCUT2D eigenvalue weighted by molar-refractivity contribution is 9.10. The van der Waals surface area contributed by atoms with Gasteiger partial charge in [-0.15, -0.1) is 0 Å². The van der Waals surface area contributed by atoms with Crippen LogP contribution in [0, 0.1) is 5.92 Å². The van der Waals surface area contributed by atoms with Crippen molar-refractivity contribution >= 4 is 15.9 Å². The van der Waals surface area contributed by atoms with E-state index < -0.39 is 0 Å². The largest absolute Gasteiger partial charge is 0.490 e. The van der Waals surface area contributed by atoms with Gasteiger partial charge in [-0.25, -0.2) is 0 Å². The summed E-state index contributed by atoms with van der Waals surface area (Å²) in [6.45, 7) is 2.81. The van der Waals surface area contributed by atoms with E-state index in [2.05, 4.69) is 22.9 Å². The second kappa shape index (κ2) is 6.58. The molecule has 0 saturated heterocycles. The molecule has 1 fully saturated rings. The lowest BCUT2D eigenvalue weighted by Gasteiger charge is -2.29. The van der Waals surface area contributed by atoms with Crippen LogP contribution in [-0.4, -0.2) is 6.10 Å². The molecule has 2 N–H and O–H groups in total. The van der Waals surface area contributed by atoms with Gasteiger partial charge in [0, 0.05) is 16.6 Å². The Morgan fingerprint density at radius 3 is 2.94 bits per heavy atom. The van der Waals surface area contributed by atoms with Crippen molar-refractivity contribution in [2.24, 2.45) is 11.7 Å². The number of halogens is 1. The maximum atomic E-state index is 6.18. The van der Waals surface area contributed by atoms with E-state index in [0.717, 1.165) is 21.7 Å². The Kier molecular flexibility index (Phi) is 5.07. The van der Waals surface area contributed by atoms with Crippen molar-refractivity contribution in [3.8, 4) is 5.75 Å². The molecule has 1 aromatic carbocycles. The Bertz CT molecular complexity index is 394. The summed E-state index contributed by atoms with van der Waals surface area (Å²) >= 11 is 3.50. The van der Waals surface area contributed by atoms with Crippen LogP contribution in [0.5, 0.6) is 5.75 Å². The van der Waals surface area contributed by atoms with Gasteiger partial charge >= 0.3 is 0 Å². The number of ether oxygens (including phenoxy) is 1. The smallest absolute Gasteiger partial charge is 0.125 e. The van der Waals surface area contributed by atoms with Gasteiger partial charge in [0.15, 0.2) is 0 Å². The lowest BCUT2D eigenvalue weighted by atomic mass is 9.85. The minimum atomic E-state index is 0.364. The number of hydrogen-bond acceptors (Lipinski definition) is 2. The lowest BCUT2D eigenvalue weighted by Crippen LogP contribution is -2.25. The molecule has 1 aliphatic rings. The highest BCUT2D eigenvalue weighted by atomic mass is 79.9. The third kappa shape index (κ3) is 3.48. The van der Waals surface area contributed by atoms with Crippen LogP contribution in [0.15, 0.2) is 22.7 Å². The molecule has 2 nitrogen and oxygen atoms in total. The van der Waals surface area contributed by atoms with Crippen molar-refractivity contribution in [2.75, 3.05) is 0 Å². The van der Waals surface area contributed by atoms with Crippen molar-refractivity contribution in [3.63, 3.8) is 0 Å². The van der Waals surface area contributed by atoms with Gasteiger partial charge in [-0.3, -0.25) is 0 Å². The zero-order valence-corrected chi connectivity index (χ0v) is 12.6. The SMILES string of the molecule is CCC1CCCC(Oc2cc(Br)ccc2CN)C1. The van der Waals surface area contributed by atoms with Gasteiger partial charge in [-0.05, 0) is 37.3 Å². The molecular weight excluding hydrogens is 290 g/mol. The number of hydrogen-bond donors (Lipinski definition) is 1. The fraction of sp³-hybridized carbons (Fsp3) is 0.600. The van der Waals surface area contributed by atoms with Gasteiger partial charge in [-0.2, -0.15) is 0 Å². The number of nitrogens with two attached hydrogens (primary N) is 1. The second-order valence-electron chi connectivity index (χ2n) is 5.14. The van der Waals surface area contributed by atoms with E-state index in [9.17, 15) is 0 Å². The van der Waals surface area contributed by atoms with Crippen molar-refractivity contribution < 1.29 is 4.74 Å². The van der Waals surface area contributed by atoms with Crippen LogP contribution in [0.3, 0.4) is 0 Å². The molecule has 0 radical (unpaired) electrons. The Morgan fingerprint density at radius 1 is 1.39 bits per heavy atom. The van der Waals surface area contributed by atoms with E-state index in [4.69, 9.17) is 10.5 Å². The van der Waals surface area contributed by atoms with E-state index in [0.29, 0.717) is 12.6 Å². The van der Waals surface area contributed by atoms with E-state index in [-0.39, 0.29) is 0 Å². The van der Waals surface area contributed by atoms with Crippen LogP contribution in [-0.2, 0) is 6.54 Å². The van der Waals surface area contributed by atoms with Crippen molar-refractivity contribution in [1.82, 2.24) is 0 Å². The monoisotopic (exact) mass is 311 g/mol. The summed E-state index contributed by atoms with van der Waals surface area (Å²) in [7, 11) is 0. The first-order valence-electron chi connectivity index (χ1n) is 6.88. The Labute approximate surface area is 118 Å². The zero-order chi connectivity index (χ0) is 13.0. The van der Waals surface area contributed by atoms with Crippen LogP contribution in [0.25, 0.3) is 0 Å². The van der Waals surface area contributed by atoms with Gasteiger partial charge < -0.3 is 10.5 Å². The fourth-order valence-corrected chi connectivity index (χ4v) is 3.05. The van der Waals surface area contributed by atoms with Crippen LogP contribution in [0.2, 0.25) is 0 Å². The van der Waals surface area contributed by atoms with E-state index >= 15 is 0 Å². The molecule has 2 unspecified atom stereocenters. The fourth-order valence-electron chi connectivity index (χ4n) is 2.71. The second-order valence-corrected chi connectivity index (χ2v) is 6.05. The van der Waals surface area contributed by atoms with Gasteiger partial charge in [0.05, 0.1) is 6.10 Å².